The minimum absolute atomic E-state index is 0.0232. The molecule has 2 aromatic heterocycles. The zero-order valence-electron chi connectivity index (χ0n) is 24.1. The third-order valence-corrected chi connectivity index (χ3v) is 6.55. The van der Waals surface area contributed by atoms with Crippen LogP contribution in [0.3, 0.4) is 0 Å². The Labute approximate surface area is 239 Å². The van der Waals surface area contributed by atoms with E-state index in [1.807, 2.05) is 20.0 Å². The van der Waals surface area contributed by atoms with Gasteiger partial charge in [-0.05, 0) is 36.5 Å². The van der Waals surface area contributed by atoms with Crippen molar-refractivity contribution in [1.82, 2.24) is 40.7 Å². The molecule has 2 amide bonds. The number of hydrogen-bond acceptors (Lipinski definition) is 9. The quantitative estimate of drug-likeness (QED) is 0.457. The predicted molar refractivity (Wildman–Crippen MR) is 147 cm³/mol. The number of hydrogen-bond donors (Lipinski definition) is 2. The van der Waals surface area contributed by atoms with Crippen LogP contribution in [-0.4, -0.2) is 74.1 Å². The number of nitrogens with zero attached hydrogens (tertiary/aromatic N) is 6. The summed E-state index contributed by atoms with van der Waals surface area (Å²) in [7, 11) is 0. The number of halogens is 1. The van der Waals surface area contributed by atoms with Crippen LogP contribution in [0, 0.1) is 17.7 Å². The number of aromatic nitrogens is 5. The zero-order valence-corrected chi connectivity index (χ0v) is 24.1. The monoisotopic (exact) mass is 570 g/mol. The number of carbonyl (C=O) groups excluding carboxylic acids is 2. The van der Waals surface area contributed by atoms with Gasteiger partial charge in [-0.15, -0.1) is 5.10 Å². The molecule has 0 saturated heterocycles. The Morgan fingerprint density at radius 3 is 2.73 bits per heavy atom. The lowest BCUT2D eigenvalue weighted by molar-refractivity contribution is -0.123. The van der Waals surface area contributed by atoms with Crippen molar-refractivity contribution in [1.29, 1.82) is 0 Å². The summed E-state index contributed by atoms with van der Waals surface area (Å²) in [6.45, 7) is 10.6. The molecule has 0 radical (unpaired) electrons. The summed E-state index contributed by atoms with van der Waals surface area (Å²) in [6, 6.07) is 2.96. The van der Waals surface area contributed by atoms with Crippen LogP contribution < -0.4 is 15.4 Å². The second-order valence-electron chi connectivity index (χ2n) is 11.1. The number of nitrogens with one attached hydrogen (secondary N) is 2. The Morgan fingerprint density at radius 1 is 1.12 bits per heavy atom. The molecule has 222 valence electrons. The summed E-state index contributed by atoms with van der Waals surface area (Å²) in [5, 5.41) is 18.3. The number of fused-ring (bicyclic) bond motifs is 3. The maximum atomic E-state index is 14.1. The standard InChI is InChI=1S/C28H39FN8O4/c1-18(2)13-23-28(39)30-8-10-36(17-25-32-26(41-34-25)14-19(3)4)9-7-21-16-37(35-33-21)11-12-40-24-6-5-20(29)15-22(24)27(38)31-23/h5-6,15-16,18-19,23H,7-14,17H2,1-4H3,(H,30,39)(H,31,38)/t23-/m1/s1. The van der Waals surface area contributed by atoms with Crippen molar-refractivity contribution < 1.29 is 23.2 Å². The highest BCUT2D eigenvalue weighted by Crippen LogP contribution is 2.21. The molecular formula is C28H39FN8O4. The van der Waals surface area contributed by atoms with Crippen molar-refractivity contribution >= 4 is 11.8 Å². The van der Waals surface area contributed by atoms with Crippen LogP contribution in [0.15, 0.2) is 28.9 Å². The van der Waals surface area contributed by atoms with Gasteiger partial charge in [0.25, 0.3) is 5.91 Å². The van der Waals surface area contributed by atoms with Crippen LogP contribution in [0.4, 0.5) is 4.39 Å². The molecule has 3 heterocycles. The predicted octanol–water partition coefficient (Wildman–Crippen LogP) is 2.40. The molecule has 4 rings (SSSR count). The van der Waals surface area contributed by atoms with E-state index in [2.05, 4.69) is 49.8 Å². The van der Waals surface area contributed by atoms with Gasteiger partial charge < -0.3 is 19.9 Å². The number of ether oxygens (including phenoxy) is 1. The van der Waals surface area contributed by atoms with E-state index in [4.69, 9.17) is 9.26 Å². The topological polar surface area (TPSA) is 140 Å². The molecule has 1 atom stereocenters. The molecule has 0 fully saturated rings. The fraction of sp³-hybridized carbons (Fsp3) is 0.571. The molecule has 41 heavy (non-hydrogen) atoms. The van der Waals surface area contributed by atoms with Gasteiger partial charge in [-0.1, -0.05) is 38.1 Å². The molecule has 0 aliphatic carbocycles. The zero-order chi connectivity index (χ0) is 29.4. The minimum atomic E-state index is -0.800. The Kier molecular flexibility index (Phi) is 10.4. The molecule has 1 aromatic carbocycles. The molecule has 2 N–H and O–H groups in total. The van der Waals surface area contributed by atoms with E-state index in [9.17, 15) is 14.0 Å². The van der Waals surface area contributed by atoms with Crippen molar-refractivity contribution in [3.05, 3.63) is 53.2 Å². The Hall–Kier alpha value is -3.87. The van der Waals surface area contributed by atoms with Crippen LogP contribution in [0.1, 0.15) is 61.9 Å². The summed E-state index contributed by atoms with van der Waals surface area (Å²) in [6.07, 6.45) is 3.59. The first kappa shape index (κ1) is 30.1. The second kappa shape index (κ2) is 14.2. The lowest BCUT2D eigenvalue weighted by Gasteiger charge is -2.23. The van der Waals surface area contributed by atoms with Gasteiger partial charge in [0, 0.05) is 38.7 Å². The first-order valence-electron chi connectivity index (χ1n) is 14.1. The van der Waals surface area contributed by atoms with E-state index >= 15 is 0 Å². The maximum absolute atomic E-state index is 14.1. The van der Waals surface area contributed by atoms with Crippen LogP contribution in [-0.2, 0) is 30.7 Å². The maximum Gasteiger partial charge on any atom is 0.255 e. The third-order valence-electron chi connectivity index (χ3n) is 6.55. The van der Waals surface area contributed by atoms with E-state index in [1.165, 1.54) is 12.1 Å². The molecule has 1 aliphatic rings. The minimum Gasteiger partial charge on any atom is -0.491 e. The average molecular weight is 571 g/mol. The van der Waals surface area contributed by atoms with E-state index in [1.54, 1.807) is 4.68 Å². The number of rotatable bonds is 6. The van der Waals surface area contributed by atoms with Crippen LogP contribution in [0.2, 0.25) is 0 Å². The first-order chi connectivity index (χ1) is 19.7. The van der Waals surface area contributed by atoms with Crippen LogP contribution in [0.25, 0.3) is 0 Å². The fourth-order valence-corrected chi connectivity index (χ4v) is 4.55. The number of carbonyl (C=O) groups is 2. The Balaban J connectivity index is 1.53. The van der Waals surface area contributed by atoms with Gasteiger partial charge in [0.05, 0.1) is 24.3 Å². The van der Waals surface area contributed by atoms with E-state index < -0.39 is 17.8 Å². The van der Waals surface area contributed by atoms with E-state index in [0.29, 0.717) is 69.6 Å². The van der Waals surface area contributed by atoms with E-state index in [-0.39, 0.29) is 29.7 Å². The molecule has 0 spiro atoms. The average Bonchev–Trinajstić information content (AvgIpc) is 3.55. The van der Waals surface area contributed by atoms with Gasteiger partial charge in [0.1, 0.15) is 24.2 Å². The van der Waals surface area contributed by atoms with Gasteiger partial charge in [-0.3, -0.25) is 14.5 Å². The Bertz CT molecular complexity index is 1310. The third kappa shape index (κ3) is 9.07. The first-order valence-corrected chi connectivity index (χ1v) is 14.1. The molecule has 0 unspecified atom stereocenters. The highest BCUT2D eigenvalue weighted by atomic mass is 19.1. The van der Waals surface area contributed by atoms with Crippen molar-refractivity contribution in [2.45, 2.75) is 66.1 Å². The molecule has 2 bridgehead atoms. The fourth-order valence-electron chi connectivity index (χ4n) is 4.55. The van der Waals surface area contributed by atoms with Gasteiger partial charge in [-0.2, -0.15) is 4.98 Å². The summed E-state index contributed by atoms with van der Waals surface area (Å²) >= 11 is 0. The SMILES string of the molecule is CC(C)Cc1nc(CN2CCNC(=O)[C@@H](CC(C)C)NC(=O)c3cc(F)ccc3OCCn3cc(nn3)CC2)no1. The summed E-state index contributed by atoms with van der Waals surface area (Å²) in [5.41, 5.74) is 0.822. The highest BCUT2D eigenvalue weighted by molar-refractivity contribution is 5.99. The van der Waals surface area contributed by atoms with Crippen molar-refractivity contribution in [2.75, 3.05) is 26.2 Å². The molecule has 3 aromatic rings. The normalized spacial score (nSPS) is 17.9. The molecule has 12 nitrogen and oxygen atoms in total. The van der Waals surface area contributed by atoms with Gasteiger partial charge in [0.2, 0.25) is 11.8 Å². The van der Waals surface area contributed by atoms with Crippen molar-refractivity contribution in [3.8, 4) is 5.75 Å². The van der Waals surface area contributed by atoms with Crippen molar-refractivity contribution in [3.63, 3.8) is 0 Å². The summed E-state index contributed by atoms with van der Waals surface area (Å²) < 4.78 is 27.0. The second-order valence-corrected chi connectivity index (χ2v) is 11.1. The number of benzene rings is 1. The van der Waals surface area contributed by atoms with Crippen LogP contribution >= 0.6 is 0 Å². The van der Waals surface area contributed by atoms with Gasteiger partial charge >= 0.3 is 0 Å². The largest absolute Gasteiger partial charge is 0.491 e. The molecular weight excluding hydrogens is 531 g/mol. The molecule has 0 saturated carbocycles. The highest BCUT2D eigenvalue weighted by Gasteiger charge is 2.25. The van der Waals surface area contributed by atoms with Gasteiger partial charge in [-0.25, -0.2) is 9.07 Å². The van der Waals surface area contributed by atoms with E-state index in [0.717, 1.165) is 11.8 Å². The lowest BCUT2D eigenvalue weighted by atomic mass is 10.0. The molecule has 13 heteroatoms. The smallest absolute Gasteiger partial charge is 0.255 e. The number of amides is 2. The summed E-state index contributed by atoms with van der Waals surface area (Å²) in [4.78, 5) is 33.1. The molecule has 1 aliphatic heterocycles. The van der Waals surface area contributed by atoms with Crippen LogP contribution in [0.5, 0.6) is 5.75 Å². The van der Waals surface area contributed by atoms with Gasteiger partial charge in [0.15, 0.2) is 5.82 Å². The summed E-state index contributed by atoms with van der Waals surface area (Å²) in [5.74, 6) is 0.460. The lowest BCUT2D eigenvalue weighted by Crippen LogP contribution is -2.49. The Morgan fingerprint density at radius 2 is 1.95 bits per heavy atom. The van der Waals surface area contributed by atoms with Crippen molar-refractivity contribution in [2.24, 2.45) is 11.8 Å².